The quantitative estimate of drug-likeness (QED) is 0.336. The maximum absolute atomic E-state index is 5.47. The zero-order valence-electron chi connectivity index (χ0n) is 16.5. The molecule has 4 aromatic rings. The second-order valence-electron chi connectivity index (χ2n) is 6.43. The van der Waals surface area contributed by atoms with Crippen molar-refractivity contribution in [2.45, 2.75) is 6.92 Å². The smallest absolute Gasteiger partial charge is 0.211 e. The summed E-state index contributed by atoms with van der Waals surface area (Å²) in [6.07, 6.45) is 3.53. The average Bonchev–Trinajstić information content (AvgIpc) is 3.16. The van der Waals surface area contributed by atoms with Crippen LogP contribution in [0.4, 0.5) is 5.69 Å². The molecule has 0 aliphatic carbocycles. The van der Waals surface area contributed by atoms with Crippen molar-refractivity contribution in [2.75, 3.05) is 7.11 Å². The van der Waals surface area contributed by atoms with E-state index in [0.29, 0.717) is 0 Å². The lowest BCUT2D eigenvalue weighted by atomic mass is 10.2. The first-order chi connectivity index (χ1) is 14.7. The first-order valence-corrected chi connectivity index (χ1v) is 10.9. The molecule has 0 saturated heterocycles. The second kappa shape index (κ2) is 9.19. The Morgan fingerprint density at radius 1 is 1.07 bits per heavy atom. The number of pyridine rings is 1. The van der Waals surface area contributed by atoms with Gasteiger partial charge in [-0.25, -0.2) is 9.67 Å². The number of aromatic nitrogens is 2. The molecule has 0 fully saturated rings. The fourth-order valence-corrected chi connectivity index (χ4v) is 4.19. The summed E-state index contributed by atoms with van der Waals surface area (Å²) in [6, 6.07) is 19.8. The van der Waals surface area contributed by atoms with Crippen molar-refractivity contribution < 1.29 is 4.74 Å². The molecule has 0 aliphatic rings. The van der Waals surface area contributed by atoms with Crippen molar-refractivity contribution in [3.8, 4) is 17.0 Å². The van der Waals surface area contributed by atoms with Gasteiger partial charge < -0.3 is 4.74 Å². The predicted molar refractivity (Wildman–Crippen MR) is 126 cm³/mol. The molecule has 0 radical (unpaired) electrons. The van der Waals surface area contributed by atoms with E-state index >= 15 is 0 Å². The van der Waals surface area contributed by atoms with Gasteiger partial charge in [-0.2, -0.15) is 5.10 Å². The molecule has 5 nitrogen and oxygen atoms in total. The van der Waals surface area contributed by atoms with Gasteiger partial charge in [0.25, 0.3) is 0 Å². The molecule has 2 heterocycles. The number of hydrogen-bond acceptors (Lipinski definition) is 5. The van der Waals surface area contributed by atoms with E-state index < -0.39 is 0 Å². The standard InChI is InChI=1S/C23H19BrN4OS/c1-16(17-10-12-25-13-11-17)27-28-21(18-6-5-7-19(24)14-18)15-30-23(28)26-20-8-3-4-9-22(20)29-2/h3-15H,1-2H3. The highest BCUT2D eigenvalue weighted by molar-refractivity contribution is 9.10. The van der Waals surface area contributed by atoms with Crippen LogP contribution in [0.25, 0.3) is 11.3 Å². The minimum atomic E-state index is 0.719. The molecule has 2 aromatic carbocycles. The van der Waals surface area contributed by atoms with E-state index in [1.165, 1.54) is 11.3 Å². The van der Waals surface area contributed by atoms with Gasteiger partial charge in [-0.1, -0.05) is 40.2 Å². The van der Waals surface area contributed by atoms with Crippen LogP contribution < -0.4 is 9.54 Å². The molecular formula is C23H19BrN4OS. The van der Waals surface area contributed by atoms with Gasteiger partial charge in [0.05, 0.1) is 18.5 Å². The van der Waals surface area contributed by atoms with Crippen LogP contribution in [0.3, 0.4) is 0 Å². The summed E-state index contributed by atoms with van der Waals surface area (Å²) in [4.78, 5) is 9.70. The SMILES string of the molecule is COc1ccccc1N=c1scc(-c2cccc(Br)c2)n1N=C(C)c1ccncc1. The van der Waals surface area contributed by atoms with Crippen molar-refractivity contribution in [1.82, 2.24) is 9.66 Å². The monoisotopic (exact) mass is 478 g/mol. The van der Waals surface area contributed by atoms with Gasteiger partial charge in [-0.3, -0.25) is 4.98 Å². The van der Waals surface area contributed by atoms with Crippen LogP contribution in [0.5, 0.6) is 5.75 Å². The molecule has 0 aliphatic heterocycles. The first-order valence-electron chi connectivity index (χ1n) is 9.26. The Labute approximate surface area is 187 Å². The molecule has 0 bridgehead atoms. The van der Waals surface area contributed by atoms with Crippen molar-refractivity contribution in [2.24, 2.45) is 10.1 Å². The van der Waals surface area contributed by atoms with Crippen LogP contribution >= 0.6 is 27.3 Å². The molecule has 0 spiro atoms. The van der Waals surface area contributed by atoms with Crippen LogP contribution in [0.1, 0.15) is 12.5 Å². The molecule has 150 valence electrons. The normalized spacial score (nSPS) is 12.2. The summed E-state index contributed by atoms with van der Waals surface area (Å²) >= 11 is 5.10. The van der Waals surface area contributed by atoms with E-state index in [4.69, 9.17) is 14.8 Å². The third-order valence-corrected chi connectivity index (χ3v) is 5.76. The summed E-state index contributed by atoms with van der Waals surface area (Å²) in [5.41, 5.74) is 4.64. The van der Waals surface area contributed by atoms with E-state index in [1.54, 1.807) is 19.5 Å². The number of ether oxygens (including phenoxy) is 1. The molecular weight excluding hydrogens is 460 g/mol. The van der Waals surface area contributed by atoms with Crippen molar-refractivity contribution in [3.63, 3.8) is 0 Å². The van der Waals surface area contributed by atoms with Gasteiger partial charge in [-0.15, -0.1) is 11.3 Å². The highest BCUT2D eigenvalue weighted by Gasteiger charge is 2.10. The lowest BCUT2D eigenvalue weighted by Crippen LogP contribution is -2.14. The highest BCUT2D eigenvalue weighted by Crippen LogP contribution is 2.27. The third-order valence-electron chi connectivity index (χ3n) is 4.46. The lowest BCUT2D eigenvalue weighted by molar-refractivity contribution is 0.416. The summed E-state index contributed by atoms with van der Waals surface area (Å²) in [7, 11) is 1.65. The summed E-state index contributed by atoms with van der Waals surface area (Å²) < 4.78 is 8.36. The minimum absolute atomic E-state index is 0.719. The fourth-order valence-electron chi connectivity index (χ4n) is 2.95. The maximum atomic E-state index is 5.47. The predicted octanol–water partition coefficient (Wildman–Crippen LogP) is 5.89. The molecule has 0 atom stereocenters. The fraction of sp³-hybridized carbons (Fsp3) is 0.0870. The molecule has 0 unspecified atom stereocenters. The Morgan fingerprint density at radius 3 is 2.63 bits per heavy atom. The van der Waals surface area contributed by atoms with Crippen LogP contribution in [-0.2, 0) is 0 Å². The molecule has 30 heavy (non-hydrogen) atoms. The summed E-state index contributed by atoms with van der Waals surface area (Å²) in [5.74, 6) is 0.719. The number of thiazole rings is 1. The minimum Gasteiger partial charge on any atom is -0.494 e. The number of halogens is 1. The van der Waals surface area contributed by atoms with Gasteiger partial charge in [0, 0.05) is 33.4 Å². The van der Waals surface area contributed by atoms with E-state index in [9.17, 15) is 0 Å². The summed E-state index contributed by atoms with van der Waals surface area (Å²) in [6.45, 7) is 1.98. The number of para-hydroxylation sites is 2. The first kappa shape index (κ1) is 20.3. The Bertz CT molecular complexity index is 1260. The Morgan fingerprint density at radius 2 is 1.87 bits per heavy atom. The highest BCUT2D eigenvalue weighted by atomic mass is 79.9. The summed E-state index contributed by atoms with van der Waals surface area (Å²) in [5, 5.41) is 6.98. The second-order valence-corrected chi connectivity index (χ2v) is 8.18. The number of methoxy groups -OCH3 is 1. The van der Waals surface area contributed by atoms with E-state index in [0.717, 1.165) is 43.2 Å². The molecule has 4 rings (SSSR count). The van der Waals surface area contributed by atoms with Crippen LogP contribution in [0, 0.1) is 0 Å². The largest absolute Gasteiger partial charge is 0.494 e. The molecule has 7 heteroatoms. The van der Waals surface area contributed by atoms with Crippen molar-refractivity contribution >= 4 is 38.7 Å². The van der Waals surface area contributed by atoms with Gasteiger partial charge in [0.2, 0.25) is 4.80 Å². The van der Waals surface area contributed by atoms with Crippen molar-refractivity contribution in [1.29, 1.82) is 0 Å². The van der Waals surface area contributed by atoms with Gasteiger partial charge in [0.15, 0.2) is 0 Å². The number of rotatable bonds is 5. The maximum Gasteiger partial charge on any atom is 0.211 e. The number of benzene rings is 2. The third kappa shape index (κ3) is 4.42. The molecule has 0 saturated carbocycles. The average molecular weight is 479 g/mol. The zero-order chi connectivity index (χ0) is 20.9. The van der Waals surface area contributed by atoms with Crippen LogP contribution in [0.2, 0.25) is 0 Å². The van der Waals surface area contributed by atoms with Gasteiger partial charge >= 0.3 is 0 Å². The Kier molecular flexibility index (Phi) is 6.21. The number of hydrogen-bond donors (Lipinski definition) is 0. The number of nitrogens with zero attached hydrogens (tertiary/aromatic N) is 4. The van der Waals surface area contributed by atoms with Crippen molar-refractivity contribution in [3.05, 3.63) is 93.3 Å². The topological polar surface area (TPSA) is 51.8 Å². The van der Waals surface area contributed by atoms with Gasteiger partial charge in [0.1, 0.15) is 11.4 Å². The van der Waals surface area contributed by atoms with E-state index in [-0.39, 0.29) is 0 Å². The van der Waals surface area contributed by atoms with Gasteiger partial charge in [-0.05, 0) is 43.3 Å². The van der Waals surface area contributed by atoms with E-state index in [1.807, 2.05) is 60.1 Å². The van der Waals surface area contributed by atoms with Crippen LogP contribution in [0.15, 0.2) is 93.0 Å². The molecule has 0 N–H and O–H groups in total. The zero-order valence-corrected chi connectivity index (χ0v) is 18.9. The lowest BCUT2D eigenvalue weighted by Gasteiger charge is -2.07. The molecule has 2 aromatic heterocycles. The Balaban J connectivity index is 1.92. The van der Waals surface area contributed by atoms with E-state index in [2.05, 4.69) is 38.4 Å². The molecule has 0 amide bonds. The Hall–Kier alpha value is -3.03. The van der Waals surface area contributed by atoms with Crippen LogP contribution in [-0.4, -0.2) is 22.5 Å².